The number of hydrogen-bond donors (Lipinski definition) is 1. The molecular formula is C30H27F2N5O3. The first kappa shape index (κ1) is 25.8. The Bertz CT molecular complexity index is 1750. The van der Waals surface area contributed by atoms with Crippen LogP contribution in [-0.4, -0.2) is 43.5 Å². The van der Waals surface area contributed by atoms with Crippen molar-refractivity contribution >= 4 is 22.6 Å². The molecule has 40 heavy (non-hydrogen) atoms. The van der Waals surface area contributed by atoms with Crippen molar-refractivity contribution in [3.8, 4) is 22.7 Å². The van der Waals surface area contributed by atoms with Gasteiger partial charge < -0.3 is 10.0 Å². The van der Waals surface area contributed by atoms with Crippen molar-refractivity contribution in [1.82, 2.24) is 19.5 Å². The lowest BCUT2D eigenvalue weighted by molar-refractivity contribution is -0.123. The number of aryl methyl sites for hydroxylation is 2. The molecule has 6 rings (SSSR count). The third-order valence-corrected chi connectivity index (χ3v) is 8.11. The molecule has 2 aliphatic rings. The van der Waals surface area contributed by atoms with Crippen molar-refractivity contribution in [2.75, 3.05) is 18.0 Å². The van der Waals surface area contributed by atoms with Crippen molar-refractivity contribution in [3.63, 3.8) is 0 Å². The molecule has 0 unspecified atom stereocenters. The Morgan fingerprint density at radius 1 is 1.07 bits per heavy atom. The van der Waals surface area contributed by atoms with Crippen LogP contribution in [0.2, 0.25) is 0 Å². The number of piperidine rings is 1. The van der Waals surface area contributed by atoms with Crippen molar-refractivity contribution < 1.29 is 18.7 Å². The largest absolute Gasteiger partial charge is 0.507 e. The number of rotatable bonds is 4. The first-order chi connectivity index (χ1) is 19.2. The third kappa shape index (κ3) is 3.97. The van der Waals surface area contributed by atoms with E-state index in [0.29, 0.717) is 50.2 Å². The maximum Gasteiger partial charge on any atom is 0.355 e. The monoisotopic (exact) mass is 543 g/mol. The number of pyridine rings is 2. The zero-order chi connectivity index (χ0) is 28.2. The second-order valence-electron chi connectivity index (χ2n) is 10.4. The Kier molecular flexibility index (Phi) is 6.20. The van der Waals surface area contributed by atoms with Gasteiger partial charge in [-0.25, -0.2) is 23.1 Å². The number of allylic oxidation sites excluding steroid dienone is 2. The summed E-state index contributed by atoms with van der Waals surface area (Å²) >= 11 is 0. The summed E-state index contributed by atoms with van der Waals surface area (Å²) in [6.45, 7) is 4.62. The number of hydrogen-bond acceptors (Lipinski definition) is 7. The number of anilines is 1. The minimum absolute atomic E-state index is 0.0683. The van der Waals surface area contributed by atoms with Gasteiger partial charge in [0.2, 0.25) is 0 Å². The van der Waals surface area contributed by atoms with Crippen molar-refractivity contribution in [3.05, 3.63) is 82.1 Å². The summed E-state index contributed by atoms with van der Waals surface area (Å²) in [5.41, 5.74) is -0.0117. The minimum Gasteiger partial charge on any atom is -0.507 e. The van der Waals surface area contributed by atoms with E-state index in [1.807, 2.05) is 24.8 Å². The third-order valence-electron chi connectivity index (χ3n) is 8.11. The Hall–Kier alpha value is -4.47. The summed E-state index contributed by atoms with van der Waals surface area (Å²) in [4.78, 5) is 41.5. The van der Waals surface area contributed by atoms with E-state index in [2.05, 4.69) is 15.0 Å². The summed E-state index contributed by atoms with van der Waals surface area (Å²) < 4.78 is 31.9. The van der Waals surface area contributed by atoms with Crippen LogP contribution in [0.3, 0.4) is 0 Å². The van der Waals surface area contributed by atoms with Crippen molar-refractivity contribution in [1.29, 1.82) is 0 Å². The highest BCUT2D eigenvalue weighted by Crippen LogP contribution is 2.42. The van der Waals surface area contributed by atoms with Gasteiger partial charge in [-0.1, -0.05) is 19.1 Å². The zero-order valence-corrected chi connectivity index (χ0v) is 22.1. The summed E-state index contributed by atoms with van der Waals surface area (Å²) in [6.07, 6.45) is 7.50. The van der Waals surface area contributed by atoms with Gasteiger partial charge in [0.15, 0.2) is 17.2 Å². The second kappa shape index (κ2) is 9.62. The molecule has 8 nitrogen and oxygen atoms in total. The van der Waals surface area contributed by atoms with Gasteiger partial charge in [0, 0.05) is 24.7 Å². The van der Waals surface area contributed by atoms with E-state index in [1.54, 1.807) is 18.3 Å². The molecule has 0 saturated carbocycles. The van der Waals surface area contributed by atoms with Gasteiger partial charge >= 0.3 is 5.69 Å². The Labute approximate surface area is 228 Å². The molecule has 0 atom stereocenters. The molecule has 4 aromatic rings. The fourth-order valence-electron chi connectivity index (χ4n) is 5.91. The molecule has 1 aliphatic carbocycles. The molecule has 0 amide bonds. The van der Waals surface area contributed by atoms with Crippen LogP contribution in [0.25, 0.3) is 28.0 Å². The number of aromatic hydroxyl groups is 1. The van der Waals surface area contributed by atoms with Gasteiger partial charge in [-0.15, -0.1) is 0 Å². The number of phenols is 1. The molecule has 1 aromatic carbocycles. The van der Waals surface area contributed by atoms with Gasteiger partial charge in [0.1, 0.15) is 23.1 Å². The number of carbonyl (C=O) groups excluding carboxylic acids is 1. The summed E-state index contributed by atoms with van der Waals surface area (Å²) in [6, 6.07) is 6.61. The fourth-order valence-corrected chi connectivity index (χ4v) is 5.91. The van der Waals surface area contributed by atoms with E-state index < -0.39 is 39.7 Å². The number of carbonyl (C=O) groups is 1. The van der Waals surface area contributed by atoms with Crippen molar-refractivity contribution in [2.24, 2.45) is 5.41 Å². The smallest absolute Gasteiger partial charge is 0.355 e. The number of ketones is 1. The van der Waals surface area contributed by atoms with E-state index >= 15 is 4.39 Å². The summed E-state index contributed by atoms with van der Waals surface area (Å²) in [7, 11) is 0. The highest BCUT2D eigenvalue weighted by Gasteiger charge is 2.42. The lowest BCUT2D eigenvalue weighted by atomic mass is 9.75. The summed E-state index contributed by atoms with van der Waals surface area (Å²) in [5, 5.41) is 10.7. The highest BCUT2D eigenvalue weighted by atomic mass is 19.1. The number of aromatic nitrogens is 4. The van der Waals surface area contributed by atoms with Crippen LogP contribution in [0.5, 0.6) is 5.75 Å². The average Bonchev–Trinajstić information content (AvgIpc) is 3.28. The van der Waals surface area contributed by atoms with Crippen LogP contribution in [-0.2, 0) is 11.2 Å². The van der Waals surface area contributed by atoms with Gasteiger partial charge in [-0.3, -0.25) is 9.78 Å². The maximum atomic E-state index is 15.7. The fraction of sp³-hybridized carbons (Fsp3) is 0.300. The first-order valence-corrected chi connectivity index (χ1v) is 13.3. The Morgan fingerprint density at radius 2 is 1.85 bits per heavy atom. The molecule has 204 valence electrons. The molecule has 0 bridgehead atoms. The maximum absolute atomic E-state index is 15.7. The Morgan fingerprint density at radius 3 is 2.52 bits per heavy atom. The van der Waals surface area contributed by atoms with Crippen LogP contribution in [0.15, 0.2) is 53.5 Å². The van der Waals surface area contributed by atoms with Crippen LogP contribution in [0.4, 0.5) is 14.6 Å². The van der Waals surface area contributed by atoms with E-state index in [-0.39, 0.29) is 22.6 Å². The quantitative estimate of drug-likeness (QED) is 0.394. The van der Waals surface area contributed by atoms with E-state index in [1.165, 1.54) is 22.8 Å². The molecule has 1 N–H and O–H groups in total. The minimum atomic E-state index is -0.872. The van der Waals surface area contributed by atoms with Crippen LogP contribution in [0, 0.1) is 24.0 Å². The molecule has 1 fully saturated rings. The van der Waals surface area contributed by atoms with Gasteiger partial charge in [0.05, 0.1) is 22.3 Å². The molecule has 1 spiro atoms. The number of halogens is 2. The normalized spacial score (nSPS) is 16.4. The molecular weight excluding hydrogens is 516 g/mol. The second-order valence-corrected chi connectivity index (χ2v) is 10.4. The molecule has 10 heteroatoms. The zero-order valence-electron chi connectivity index (χ0n) is 22.1. The number of fused-ring (bicyclic) bond motifs is 1. The van der Waals surface area contributed by atoms with E-state index in [0.717, 1.165) is 11.6 Å². The number of phenolic OH excluding ortho intramolecular Hbond substituents is 1. The molecule has 1 aliphatic heterocycles. The molecule has 0 radical (unpaired) electrons. The van der Waals surface area contributed by atoms with Gasteiger partial charge in [-0.05, 0) is 68.5 Å². The number of nitrogens with zero attached hydrogens (tertiary/aromatic N) is 5. The van der Waals surface area contributed by atoms with Crippen LogP contribution >= 0.6 is 0 Å². The molecule has 4 heterocycles. The molecule has 3 aromatic heterocycles. The standard InChI is InChI=1S/C30H27F2N5O3/c1-3-21-26(17(2)9-13-33-21)37-28-18(16-20(32)25(34-28)24-19(31)6-4-7-22(24)38)27(35-29(37)40)36-14-11-30(12-15-36)10-5-8-23(30)39/h4-9,13,16,38H,3,10-12,14-15H2,1-2H3. The van der Waals surface area contributed by atoms with Gasteiger partial charge in [-0.2, -0.15) is 4.98 Å². The van der Waals surface area contributed by atoms with Gasteiger partial charge in [0.25, 0.3) is 0 Å². The van der Waals surface area contributed by atoms with Crippen LogP contribution < -0.4 is 10.6 Å². The number of benzene rings is 1. The van der Waals surface area contributed by atoms with E-state index in [9.17, 15) is 19.1 Å². The predicted molar refractivity (Wildman–Crippen MR) is 147 cm³/mol. The lowest BCUT2D eigenvalue weighted by Gasteiger charge is -2.39. The molecule has 1 saturated heterocycles. The van der Waals surface area contributed by atoms with Crippen LogP contribution in [0.1, 0.15) is 37.4 Å². The average molecular weight is 544 g/mol. The van der Waals surface area contributed by atoms with Crippen molar-refractivity contribution in [2.45, 2.75) is 39.5 Å². The first-order valence-electron chi connectivity index (χ1n) is 13.3. The predicted octanol–water partition coefficient (Wildman–Crippen LogP) is 4.81. The highest BCUT2D eigenvalue weighted by molar-refractivity contribution is 5.97. The van der Waals surface area contributed by atoms with E-state index in [4.69, 9.17) is 0 Å². The SMILES string of the molecule is CCc1nccc(C)c1-n1c(=O)nc(N2CCC3(CC=CC3=O)CC2)c2cc(F)c(-c3c(O)cccc3F)nc21. The summed E-state index contributed by atoms with van der Waals surface area (Å²) in [5.74, 6) is -1.83. The Balaban J connectivity index is 1.60. The lowest BCUT2D eigenvalue weighted by Crippen LogP contribution is -2.43. The topological polar surface area (TPSA) is 101 Å².